The predicted molar refractivity (Wildman–Crippen MR) is 74.8 cm³/mol. The molecule has 1 aromatic carbocycles. The summed E-state index contributed by atoms with van der Waals surface area (Å²) in [7, 11) is -3.40. The maximum Gasteiger partial charge on any atom is 0.240 e. The van der Waals surface area contributed by atoms with Gasteiger partial charge in [0.05, 0.1) is 11.5 Å². The summed E-state index contributed by atoms with van der Waals surface area (Å²) in [6.07, 6.45) is 5.31. The maximum atomic E-state index is 12.2. The van der Waals surface area contributed by atoms with Gasteiger partial charge in [-0.05, 0) is 44.0 Å². The summed E-state index contributed by atoms with van der Waals surface area (Å²) >= 11 is 0. The number of hydrogen-bond acceptors (Lipinski definition) is 3. The monoisotopic (exact) mass is 283 g/mol. The Labute approximate surface area is 115 Å². The van der Waals surface area contributed by atoms with Gasteiger partial charge in [0.25, 0.3) is 0 Å². The summed E-state index contributed by atoms with van der Waals surface area (Å²) in [6, 6.07) is 6.66. The van der Waals surface area contributed by atoms with E-state index in [-0.39, 0.29) is 6.04 Å². The van der Waals surface area contributed by atoms with Crippen molar-refractivity contribution in [1.82, 2.24) is 4.72 Å². The minimum absolute atomic E-state index is 0.0883. The molecule has 19 heavy (non-hydrogen) atoms. The first-order valence-corrected chi connectivity index (χ1v) is 8.35. The average Bonchev–Trinajstić information content (AvgIpc) is 2.40. The van der Waals surface area contributed by atoms with Gasteiger partial charge in [-0.25, -0.2) is 13.1 Å². The SMILES string of the molecule is CCOc1ccc(S(=O)(=O)NC2CCCCC2)cc1. The van der Waals surface area contributed by atoms with Crippen LogP contribution in [-0.2, 0) is 10.0 Å². The van der Waals surface area contributed by atoms with Gasteiger partial charge in [-0.2, -0.15) is 0 Å². The largest absolute Gasteiger partial charge is 0.494 e. The summed E-state index contributed by atoms with van der Waals surface area (Å²) in [5.41, 5.74) is 0. The van der Waals surface area contributed by atoms with Gasteiger partial charge in [0.2, 0.25) is 10.0 Å². The number of sulfonamides is 1. The van der Waals surface area contributed by atoms with Crippen LogP contribution in [0.25, 0.3) is 0 Å². The van der Waals surface area contributed by atoms with Crippen molar-refractivity contribution in [3.8, 4) is 5.75 Å². The Bertz CT molecular complexity index is 490. The number of nitrogens with one attached hydrogen (secondary N) is 1. The lowest BCUT2D eigenvalue weighted by molar-refractivity contribution is 0.340. The quantitative estimate of drug-likeness (QED) is 0.904. The van der Waals surface area contributed by atoms with E-state index in [1.807, 2.05) is 6.92 Å². The van der Waals surface area contributed by atoms with Crippen LogP contribution in [0.4, 0.5) is 0 Å². The molecule has 2 rings (SSSR count). The van der Waals surface area contributed by atoms with Crippen molar-refractivity contribution in [2.75, 3.05) is 6.61 Å². The molecule has 0 radical (unpaired) electrons. The molecule has 1 N–H and O–H groups in total. The standard InChI is InChI=1S/C14H21NO3S/c1-2-18-13-8-10-14(11-9-13)19(16,17)15-12-6-4-3-5-7-12/h8-12,15H,2-7H2,1H3. The van der Waals surface area contributed by atoms with Gasteiger partial charge in [-0.3, -0.25) is 0 Å². The molecule has 1 aliphatic carbocycles. The normalized spacial score (nSPS) is 17.3. The number of benzene rings is 1. The fourth-order valence-electron chi connectivity index (χ4n) is 2.39. The molecule has 1 fully saturated rings. The summed E-state index contributed by atoms with van der Waals surface area (Å²) in [5.74, 6) is 0.694. The molecule has 0 aromatic heterocycles. The predicted octanol–water partition coefficient (Wildman–Crippen LogP) is 2.70. The lowest BCUT2D eigenvalue weighted by Gasteiger charge is -2.22. The zero-order valence-electron chi connectivity index (χ0n) is 11.3. The highest BCUT2D eigenvalue weighted by Crippen LogP contribution is 2.21. The Kier molecular flexibility index (Phi) is 4.82. The fraction of sp³-hybridized carbons (Fsp3) is 0.571. The average molecular weight is 283 g/mol. The third kappa shape index (κ3) is 3.94. The van der Waals surface area contributed by atoms with E-state index >= 15 is 0 Å². The molecule has 4 nitrogen and oxygen atoms in total. The molecule has 1 saturated carbocycles. The molecule has 0 bridgehead atoms. The number of hydrogen-bond donors (Lipinski definition) is 1. The molecule has 106 valence electrons. The first-order valence-electron chi connectivity index (χ1n) is 6.87. The van der Waals surface area contributed by atoms with Crippen molar-refractivity contribution >= 4 is 10.0 Å². The lowest BCUT2D eigenvalue weighted by atomic mass is 9.96. The molecule has 0 spiro atoms. The highest BCUT2D eigenvalue weighted by Gasteiger charge is 2.21. The van der Waals surface area contributed by atoms with E-state index in [9.17, 15) is 8.42 Å². The molecular formula is C14H21NO3S. The van der Waals surface area contributed by atoms with Crippen LogP contribution in [0, 0.1) is 0 Å². The van der Waals surface area contributed by atoms with Crippen molar-refractivity contribution in [3.05, 3.63) is 24.3 Å². The van der Waals surface area contributed by atoms with Crippen molar-refractivity contribution in [2.45, 2.75) is 50.0 Å². The minimum atomic E-state index is -3.40. The van der Waals surface area contributed by atoms with E-state index in [4.69, 9.17) is 4.74 Å². The molecule has 5 heteroatoms. The smallest absolute Gasteiger partial charge is 0.240 e. The second-order valence-corrected chi connectivity index (χ2v) is 6.57. The molecular weight excluding hydrogens is 262 g/mol. The Morgan fingerprint density at radius 1 is 1.16 bits per heavy atom. The van der Waals surface area contributed by atoms with Crippen LogP contribution in [0.15, 0.2) is 29.2 Å². The summed E-state index contributed by atoms with van der Waals surface area (Å²) in [6.45, 7) is 2.47. The van der Waals surface area contributed by atoms with E-state index in [2.05, 4.69) is 4.72 Å². The highest BCUT2D eigenvalue weighted by atomic mass is 32.2. The van der Waals surface area contributed by atoms with Crippen LogP contribution < -0.4 is 9.46 Å². The molecule has 0 atom stereocenters. The Hall–Kier alpha value is -1.07. The fourth-order valence-corrected chi connectivity index (χ4v) is 3.69. The topological polar surface area (TPSA) is 55.4 Å². The minimum Gasteiger partial charge on any atom is -0.494 e. The van der Waals surface area contributed by atoms with Gasteiger partial charge in [0.1, 0.15) is 5.75 Å². The van der Waals surface area contributed by atoms with E-state index in [1.165, 1.54) is 6.42 Å². The number of ether oxygens (including phenoxy) is 1. The summed E-state index contributed by atoms with van der Waals surface area (Å²) in [4.78, 5) is 0.307. The van der Waals surface area contributed by atoms with E-state index in [0.29, 0.717) is 17.3 Å². The van der Waals surface area contributed by atoms with Gasteiger partial charge in [0, 0.05) is 6.04 Å². The first-order chi connectivity index (χ1) is 9.12. The number of rotatable bonds is 5. The Morgan fingerprint density at radius 3 is 2.37 bits per heavy atom. The van der Waals surface area contributed by atoms with Crippen LogP contribution in [0.1, 0.15) is 39.0 Å². The molecule has 1 aliphatic rings. The van der Waals surface area contributed by atoms with Gasteiger partial charge in [0.15, 0.2) is 0 Å². The molecule has 0 amide bonds. The van der Waals surface area contributed by atoms with E-state index < -0.39 is 10.0 Å². The summed E-state index contributed by atoms with van der Waals surface area (Å²) in [5, 5.41) is 0. The zero-order valence-corrected chi connectivity index (χ0v) is 12.1. The van der Waals surface area contributed by atoms with E-state index in [0.717, 1.165) is 25.7 Å². The molecule has 1 aromatic rings. The lowest BCUT2D eigenvalue weighted by Crippen LogP contribution is -2.36. The van der Waals surface area contributed by atoms with Crippen LogP contribution in [0.2, 0.25) is 0 Å². The Balaban J connectivity index is 2.05. The molecule has 0 heterocycles. The molecule has 0 saturated heterocycles. The van der Waals surface area contributed by atoms with Crippen LogP contribution >= 0.6 is 0 Å². The second-order valence-electron chi connectivity index (χ2n) is 4.86. The van der Waals surface area contributed by atoms with Crippen molar-refractivity contribution in [1.29, 1.82) is 0 Å². The van der Waals surface area contributed by atoms with E-state index in [1.54, 1.807) is 24.3 Å². The van der Waals surface area contributed by atoms with Gasteiger partial charge in [-0.15, -0.1) is 0 Å². The third-order valence-electron chi connectivity index (χ3n) is 3.37. The van der Waals surface area contributed by atoms with Gasteiger partial charge < -0.3 is 4.74 Å². The Morgan fingerprint density at radius 2 is 1.79 bits per heavy atom. The third-order valence-corrected chi connectivity index (χ3v) is 4.91. The maximum absolute atomic E-state index is 12.2. The summed E-state index contributed by atoms with van der Waals surface area (Å²) < 4.78 is 32.5. The second kappa shape index (κ2) is 6.39. The van der Waals surface area contributed by atoms with Gasteiger partial charge >= 0.3 is 0 Å². The molecule has 0 unspecified atom stereocenters. The van der Waals surface area contributed by atoms with Gasteiger partial charge in [-0.1, -0.05) is 19.3 Å². The van der Waals surface area contributed by atoms with Crippen LogP contribution in [-0.4, -0.2) is 21.1 Å². The van der Waals surface area contributed by atoms with Crippen molar-refractivity contribution in [3.63, 3.8) is 0 Å². The van der Waals surface area contributed by atoms with Crippen molar-refractivity contribution < 1.29 is 13.2 Å². The molecule has 0 aliphatic heterocycles. The van der Waals surface area contributed by atoms with Crippen LogP contribution in [0.5, 0.6) is 5.75 Å². The van der Waals surface area contributed by atoms with Crippen LogP contribution in [0.3, 0.4) is 0 Å². The first kappa shape index (κ1) is 14.3. The highest BCUT2D eigenvalue weighted by molar-refractivity contribution is 7.89. The van der Waals surface area contributed by atoms with Crippen molar-refractivity contribution in [2.24, 2.45) is 0 Å². The zero-order chi connectivity index (χ0) is 13.7.